The normalized spacial score (nSPS) is 14.5. The highest BCUT2D eigenvalue weighted by molar-refractivity contribution is 9.10. The van der Waals surface area contributed by atoms with Gasteiger partial charge in [0.2, 0.25) is 0 Å². The molecule has 0 aromatic heterocycles. The highest BCUT2D eigenvalue weighted by Crippen LogP contribution is 2.29. The van der Waals surface area contributed by atoms with E-state index in [0.29, 0.717) is 26.5 Å². The lowest BCUT2D eigenvalue weighted by molar-refractivity contribution is -0.122. The molecular formula is C27H21BrClN3O5. The van der Waals surface area contributed by atoms with E-state index >= 15 is 0 Å². The van der Waals surface area contributed by atoms with Gasteiger partial charge in [-0.15, -0.1) is 0 Å². The van der Waals surface area contributed by atoms with Gasteiger partial charge in [-0.05, 0) is 88.9 Å². The molecule has 2 N–H and O–H groups in total. The summed E-state index contributed by atoms with van der Waals surface area (Å²) >= 11 is 9.54. The maximum Gasteiger partial charge on any atom is 0.335 e. The lowest BCUT2D eigenvalue weighted by Crippen LogP contribution is -2.54. The molecule has 4 rings (SSSR count). The molecule has 3 aromatic rings. The Morgan fingerprint density at radius 1 is 1.08 bits per heavy atom. The number of nitrogens with one attached hydrogen (secondary N) is 2. The van der Waals surface area contributed by atoms with E-state index in [9.17, 15) is 19.2 Å². The monoisotopic (exact) mass is 581 g/mol. The minimum Gasteiger partial charge on any atom is -0.483 e. The SMILES string of the molecule is Cc1cccc(NC(=O)COc2ccc(/C=C3\C(=O)NC(=O)N(c4ccc(C)c(Cl)c4)C3=O)cc2Br)c1. The number of urea groups is 1. The number of carbonyl (C=O) groups is 4. The van der Waals surface area contributed by atoms with Gasteiger partial charge in [0, 0.05) is 10.7 Å². The zero-order chi connectivity index (χ0) is 26.7. The Kier molecular flexibility index (Phi) is 7.75. The molecular weight excluding hydrogens is 562 g/mol. The average Bonchev–Trinajstić information content (AvgIpc) is 2.83. The standard InChI is InChI=1S/C27H21BrClN3O5/c1-15-4-3-5-18(10-15)30-24(33)14-37-23-9-7-17(12-21(23)28)11-20-25(34)31-27(36)32(26(20)35)19-8-6-16(2)22(29)13-19/h3-13H,14H2,1-2H3,(H,30,33)(H,31,34,36)/b20-11+. The second-order valence-electron chi connectivity index (χ2n) is 8.29. The topological polar surface area (TPSA) is 105 Å². The second kappa shape index (κ2) is 11.0. The molecule has 188 valence electrons. The quantitative estimate of drug-likeness (QED) is 0.299. The largest absolute Gasteiger partial charge is 0.483 e. The van der Waals surface area contributed by atoms with Gasteiger partial charge in [0.1, 0.15) is 11.3 Å². The van der Waals surface area contributed by atoms with Crippen LogP contribution >= 0.6 is 27.5 Å². The highest BCUT2D eigenvalue weighted by Gasteiger charge is 2.37. The third-order valence-corrected chi connectivity index (χ3v) is 6.47. The summed E-state index contributed by atoms with van der Waals surface area (Å²) in [6.45, 7) is 3.50. The smallest absolute Gasteiger partial charge is 0.335 e. The number of rotatable bonds is 6. The van der Waals surface area contributed by atoms with Crippen molar-refractivity contribution < 1.29 is 23.9 Å². The van der Waals surface area contributed by atoms with Crippen LogP contribution in [-0.2, 0) is 14.4 Å². The molecule has 1 fully saturated rings. The van der Waals surface area contributed by atoms with Crippen LogP contribution < -0.4 is 20.3 Å². The van der Waals surface area contributed by atoms with E-state index in [-0.39, 0.29) is 23.8 Å². The van der Waals surface area contributed by atoms with Crippen LogP contribution in [0.1, 0.15) is 16.7 Å². The van der Waals surface area contributed by atoms with Crippen LogP contribution in [0, 0.1) is 13.8 Å². The highest BCUT2D eigenvalue weighted by atomic mass is 79.9. The van der Waals surface area contributed by atoms with Crippen molar-refractivity contribution in [2.75, 3.05) is 16.8 Å². The summed E-state index contributed by atoms with van der Waals surface area (Å²) in [5, 5.41) is 5.33. The van der Waals surface area contributed by atoms with E-state index < -0.39 is 17.8 Å². The molecule has 3 aromatic carbocycles. The van der Waals surface area contributed by atoms with Crippen LogP contribution in [0.2, 0.25) is 5.02 Å². The maximum atomic E-state index is 13.1. The molecule has 0 atom stereocenters. The Bertz CT molecular complexity index is 1470. The van der Waals surface area contributed by atoms with Gasteiger partial charge >= 0.3 is 6.03 Å². The first-order valence-corrected chi connectivity index (χ1v) is 12.3. The number of imide groups is 2. The third kappa shape index (κ3) is 6.07. The van der Waals surface area contributed by atoms with Gasteiger partial charge in [0.05, 0.1) is 10.2 Å². The molecule has 0 aliphatic carbocycles. The molecule has 1 saturated heterocycles. The van der Waals surface area contributed by atoms with Crippen LogP contribution in [0.5, 0.6) is 5.75 Å². The van der Waals surface area contributed by atoms with Crippen molar-refractivity contribution in [3.8, 4) is 5.75 Å². The van der Waals surface area contributed by atoms with Crippen LogP contribution in [-0.4, -0.2) is 30.4 Å². The van der Waals surface area contributed by atoms with Crippen LogP contribution in [0.3, 0.4) is 0 Å². The molecule has 0 saturated carbocycles. The van der Waals surface area contributed by atoms with Crippen LogP contribution in [0.4, 0.5) is 16.2 Å². The number of anilines is 2. The van der Waals surface area contributed by atoms with Crippen molar-refractivity contribution in [2.45, 2.75) is 13.8 Å². The van der Waals surface area contributed by atoms with Crippen LogP contribution in [0.25, 0.3) is 6.08 Å². The van der Waals surface area contributed by atoms with E-state index in [4.69, 9.17) is 16.3 Å². The molecule has 37 heavy (non-hydrogen) atoms. The molecule has 0 unspecified atom stereocenters. The summed E-state index contributed by atoms with van der Waals surface area (Å²) in [4.78, 5) is 51.1. The molecule has 0 spiro atoms. The van der Waals surface area contributed by atoms with E-state index in [2.05, 4.69) is 26.6 Å². The van der Waals surface area contributed by atoms with E-state index in [1.54, 1.807) is 43.3 Å². The number of nitrogens with zero attached hydrogens (tertiary/aromatic N) is 1. The minimum atomic E-state index is -0.860. The van der Waals surface area contributed by atoms with Crippen molar-refractivity contribution in [1.82, 2.24) is 5.32 Å². The summed E-state index contributed by atoms with van der Waals surface area (Å²) in [7, 11) is 0. The summed E-state index contributed by atoms with van der Waals surface area (Å²) in [6.07, 6.45) is 1.37. The predicted octanol–water partition coefficient (Wildman–Crippen LogP) is 5.40. The van der Waals surface area contributed by atoms with Gasteiger partial charge < -0.3 is 10.1 Å². The fraction of sp³-hybridized carbons (Fsp3) is 0.111. The molecule has 10 heteroatoms. The van der Waals surface area contributed by atoms with Crippen molar-refractivity contribution in [3.63, 3.8) is 0 Å². The third-order valence-electron chi connectivity index (χ3n) is 5.44. The van der Waals surface area contributed by atoms with Crippen molar-refractivity contribution in [1.29, 1.82) is 0 Å². The molecule has 0 radical (unpaired) electrons. The first-order chi connectivity index (χ1) is 17.6. The number of ether oxygens (including phenoxy) is 1. The van der Waals surface area contributed by atoms with Gasteiger partial charge in [0.15, 0.2) is 6.61 Å². The van der Waals surface area contributed by atoms with Crippen molar-refractivity contribution in [3.05, 3.63) is 92.4 Å². The van der Waals surface area contributed by atoms with Gasteiger partial charge in [-0.25, -0.2) is 9.69 Å². The number of aryl methyl sites for hydroxylation is 2. The predicted molar refractivity (Wildman–Crippen MR) is 145 cm³/mol. The average molecular weight is 583 g/mol. The first kappa shape index (κ1) is 26.1. The van der Waals surface area contributed by atoms with Gasteiger partial charge in [-0.2, -0.15) is 0 Å². The maximum absolute atomic E-state index is 13.1. The number of amides is 5. The fourth-order valence-corrected chi connectivity index (χ4v) is 4.25. The second-order valence-corrected chi connectivity index (χ2v) is 9.55. The number of halogens is 2. The Labute approximate surface area is 226 Å². The molecule has 8 nitrogen and oxygen atoms in total. The van der Waals surface area contributed by atoms with Crippen LogP contribution in [0.15, 0.2) is 70.7 Å². The van der Waals surface area contributed by atoms with E-state index in [0.717, 1.165) is 16.0 Å². The summed E-state index contributed by atoms with van der Waals surface area (Å²) in [5.74, 6) is -1.52. The molecule has 1 aliphatic rings. The summed E-state index contributed by atoms with van der Waals surface area (Å²) in [5.41, 5.74) is 2.98. The zero-order valence-corrected chi connectivity index (χ0v) is 22.1. The van der Waals surface area contributed by atoms with Gasteiger partial charge in [-0.3, -0.25) is 19.7 Å². The number of benzene rings is 3. The molecule has 1 aliphatic heterocycles. The lowest BCUT2D eigenvalue weighted by Gasteiger charge is -2.26. The number of barbiturate groups is 1. The van der Waals surface area contributed by atoms with Crippen molar-refractivity contribution >= 4 is 68.7 Å². The Morgan fingerprint density at radius 3 is 2.57 bits per heavy atom. The van der Waals surface area contributed by atoms with E-state index in [1.165, 1.54) is 12.1 Å². The van der Waals surface area contributed by atoms with Crippen molar-refractivity contribution in [2.24, 2.45) is 0 Å². The zero-order valence-electron chi connectivity index (χ0n) is 19.8. The summed E-state index contributed by atoms with van der Waals surface area (Å²) < 4.78 is 6.11. The molecule has 1 heterocycles. The van der Waals surface area contributed by atoms with E-state index in [1.807, 2.05) is 25.1 Å². The van der Waals surface area contributed by atoms with Gasteiger partial charge in [0.25, 0.3) is 17.7 Å². The lowest BCUT2D eigenvalue weighted by atomic mass is 10.1. The molecule has 0 bridgehead atoms. The number of hydrogen-bond acceptors (Lipinski definition) is 5. The first-order valence-electron chi connectivity index (χ1n) is 11.1. The Hall–Kier alpha value is -3.95. The Morgan fingerprint density at radius 2 is 1.86 bits per heavy atom. The number of hydrogen-bond donors (Lipinski definition) is 2. The fourth-order valence-electron chi connectivity index (χ4n) is 3.57. The summed E-state index contributed by atoms with van der Waals surface area (Å²) in [6, 6.07) is 16.1. The minimum absolute atomic E-state index is 0.218. The van der Waals surface area contributed by atoms with Gasteiger partial charge in [-0.1, -0.05) is 35.9 Å². The Balaban J connectivity index is 1.49. The number of carbonyl (C=O) groups excluding carboxylic acids is 4. The molecule has 5 amide bonds.